The largest absolute Gasteiger partial charge is 0.411 e. The van der Waals surface area contributed by atoms with Crippen LogP contribution in [0.25, 0.3) is 0 Å². The number of hydrogen-bond acceptors (Lipinski definition) is 3. The van der Waals surface area contributed by atoms with Crippen LogP contribution in [-0.4, -0.2) is 33.9 Å². The van der Waals surface area contributed by atoms with Gasteiger partial charge in [0.05, 0.1) is 5.71 Å². The number of piperidine rings is 2. The maximum Gasteiger partial charge on any atom is 0.0601 e. The average Bonchev–Trinajstić information content (AvgIpc) is 2.45. The van der Waals surface area contributed by atoms with Gasteiger partial charge < -0.3 is 5.21 Å². The van der Waals surface area contributed by atoms with Crippen LogP contribution in [0, 0.1) is 11.8 Å². The molecule has 0 aromatic carbocycles. The summed E-state index contributed by atoms with van der Waals surface area (Å²) in [7, 11) is 0. The molecule has 1 aliphatic carbocycles. The fourth-order valence-electron chi connectivity index (χ4n) is 5.41. The van der Waals surface area contributed by atoms with Crippen LogP contribution in [0.1, 0.15) is 78.1 Å². The zero-order chi connectivity index (χ0) is 14.8. The average molecular weight is 292 g/mol. The van der Waals surface area contributed by atoms with Crippen LogP contribution < -0.4 is 0 Å². The van der Waals surface area contributed by atoms with Gasteiger partial charge in [-0.1, -0.05) is 37.8 Å². The van der Waals surface area contributed by atoms with E-state index in [1.54, 1.807) is 0 Å². The van der Waals surface area contributed by atoms with Gasteiger partial charge in [0.15, 0.2) is 0 Å². The van der Waals surface area contributed by atoms with Crippen molar-refractivity contribution < 1.29 is 5.21 Å². The molecular weight excluding hydrogens is 260 g/mol. The number of hydrogen-bond donors (Lipinski definition) is 1. The SMILES string of the molecule is C[C@@H]1CCC[C@H](C[C@H](C)N2[C@@H]3CCC[C@H]2C/C(=N\O)C3)C1. The van der Waals surface area contributed by atoms with Gasteiger partial charge in [-0.05, 0) is 44.4 Å². The van der Waals surface area contributed by atoms with Gasteiger partial charge in [-0.2, -0.15) is 0 Å². The maximum atomic E-state index is 9.13. The third-order valence-electron chi connectivity index (χ3n) is 6.23. The minimum atomic E-state index is 0.638. The van der Waals surface area contributed by atoms with Crippen molar-refractivity contribution in [2.45, 2.75) is 96.2 Å². The molecule has 2 saturated heterocycles. The first kappa shape index (κ1) is 15.3. The fourth-order valence-corrected chi connectivity index (χ4v) is 5.41. The molecule has 3 heteroatoms. The monoisotopic (exact) mass is 292 g/mol. The molecule has 0 aromatic rings. The molecule has 2 heterocycles. The second kappa shape index (κ2) is 6.68. The molecule has 1 saturated carbocycles. The van der Waals surface area contributed by atoms with Gasteiger partial charge in [0.2, 0.25) is 0 Å². The molecular formula is C18H32N2O. The number of nitrogens with zero attached hydrogens (tertiary/aromatic N) is 2. The Morgan fingerprint density at radius 1 is 1.14 bits per heavy atom. The lowest BCUT2D eigenvalue weighted by atomic mass is 9.77. The minimum Gasteiger partial charge on any atom is -0.411 e. The van der Waals surface area contributed by atoms with E-state index in [-0.39, 0.29) is 0 Å². The zero-order valence-corrected chi connectivity index (χ0v) is 13.8. The highest BCUT2D eigenvalue weighted by Gasteiger charge is 2.39. The first-order chi connectivity index (χ1) is 10.2. The smallest absolute Gasteiger partial charge is 0.0601 e. The molecule has 2 bridgehead atoms. The first-order valence-electron chi connectivity index (χ1n) is 9.14. The molecule has 0 amide bonds. The van der Waals surface area contributed by atoms with E-state index in [0.717, 1.165) is 30.4 Å². The quantitative estimate of drug-likeness (QED) is 0.616. The Hall–Kier alpha value is -0.570. The van der Waals surface area contributed by atoms with E-state index < -0.39 is 0 Å². The molecule has 2 aliphatic heterocycles. The van der Waals surface area contributed by atoms with Crippen molar-refractivity contribution in [3.8, 4) is 0 Å². The number of oxime groups is 1. The van der Waals surface area contributed by atoms with E-state index in [9.17, 15) is 0 Å². The van der Waals surface area contributed by atoms with E-state index in [0.29, 0.717) is 18.1 Å². The molecule has 0 radical (unpaired) electrons. The van der Waals surface area contributed by atoms with Crippen LogP contribution >= 0.6 is 0 Å². The molecule has 21 heavy (non-hydrogen) atoms. The van der Waals surface area contributed by atoms with Crippen LogP contribution in [0.3, 0.4) is 0 Å². The Balaban J connectivity index is 1.62. The van der Waals surface area contributed by atoms with Crippen LogP contribution in [0.15, 0.2) is 5.16 Å². The summed E-state index contributed by atoms with van der Waals surface area (Å²) in [5, 5.41) is 12.7. The second-order valence-electron chi connectivity index (χ2n) is 7.98. The molecule has 5 atom stereocenters. The summed E-state index contributed by atoms with van der Waals surface area (Å²) in [5.74, 6) is 1.88. The summed E-state index contributed by atoms with van der Waals surface area (Å²) in [6, 6.07) is 1.98. The third-order valence-corrected chi connectivity index (χ3v) is 6.23. The van der Waals surface area contributed by atoms with Gasteiger partial charge in [-0.15, -0.1) is 0 Å². The minimum absolute atomic E-state index is 0.638. The highest BCUT2D eigenvalue weighted by molar-refractivity contribution is 5.85. The Kier molecular flexibility index (Phi) is 4.88. The Bertz CT molecular complexity index is 365. The molecule has 120 valence electrons. The van der Waals surface area contributed by atoms with Crippen molar-refractivity contribution in [1.29, 1.82) is 0 Å². The van der Waals surface area contributed by atoms with E-state index >= 15 is 0 Å². The van der Waals surface area contributed by atoms with E-state index in [2.05, 4.69) is 23.9 Å². The van der Waals surface area contributed by atoms with Crippen LogP contribution in [0.5, 0.6) is 0 Å². The number of rotatable bonds is 3. The van der Waals surface area contributed by atoms with Crippen molar-refractivity contribution in [1.82, 2.24) is 4.90 Å². The normalized spacial score (nSPS) is 41.1. The van der Waals surface area contributed by atoms with E-state index in [1.807, 2.05) is 0 Å². The predicted octanol–water partition coefficient (Wildman–Crippen LogP) is 4.44. The Labute approximate surface area is 129 Å². The summed E-state index contributed by atoms with van der Waals surface area (Å²) >= 11 is 0. The molecule has 3 rings (SSSR count). The van der Waals surface area contributed by atoms with Gasteiger partial charge in [0.1, 0.15) is 0 Å². The highest BCUT2D eigenvalue weighted by Crippen LogP contribution is 2.38. The molecule has 0 aromatic heterocycles. The topological polar surface area (TPSA) is 35.8 Å². The van der Waals surface area contributed by atoms with E-state index in [4.69, 9.17) is 5.21 Å². The second-order valence-corrected chi connectivity index (χ2v) is 7.98. The van der Waals surface area contributed by atoms with Crippen molar-refractivity contribution >= 4 is 5.71 Å². The van der Waals surface area contributed by atoms with Crippen molar-refractivity contribution in [2.24, 2.45) is 17.0 Å². The summed E-state index contributed by atoms with van der Waals surface area (Å²) in [5.41, 5.74) is 1.04. The summed E-state index contributed by atoms with van der Waals surface area (Å²) in [6.07, 6.45) is 13.1. The van der Waals surface area contributed by atoms with Gasteiger partial charge in [0, 0.05) is 31.0 Å². The maximum absolute atomic E-state index is 9.13. The molecule has 3 aliphatic rings. The standard InChI is InChI=1S/C18H32N2O/c1-13-5-3-6-15(9-13)10-14(2)20-17-7-4-8-18(20)12-16(11-17)19-21/h13-15,17-18,21H,3-12H2,1-2H3/b19-16-/t13-,14+,15+,17-,18+/m1/s1. The zero-order valence-electron chi connectivity index (χ0n) is 13.8. The lowest BCUT2D eigenvalue weighted by Crippen LogP contribution is -2.56. The Morgan fingerprint density at radius 2 is 1.81 bits per heavy atom. The van der Waals surface area contributed by atoms with Crippen LogP contribution in [0.2, 0.25) is 0 Å². The van der Waals surface area contributed by atoms with Gasteiger partial charge in [-0.3, -0.25) is 4.90 Å². The summed E-state index contributed by atoms with van der Waals surface area (Å²) in [4.78, 5) is 2.80. The molecule has 3 nitrogen and oxygen atoms in total. The Morgan fingerprint density at radius 3 is 2.43 bits per heavy atom. The summed E-state index contributed by atoms with van der Waals surface area (Å²) < 4.78 is 0. The lowest BCUT2D eigenvalue weighted by Gasteiger charge is -2.50. The van der Waals surface area contributed by atoms with Gasteiger partial charge in [0.25, 0.3) is 0 Å². The van der Waals surface area contributed by atoms with Crippen LogP contribution in [0.4, 0.5) is 0 Å². The number of fused-ring (bicyclic) bond motifs is 2. The fraction of sp³-hybridized carbons (Fsp3) is 0.944. The molecule has 3 fully saturated rings. The van der Waals surface area contributed by atoms with Gasteiger partial charge >= 0.3 is 0 Å². The van der Waals surface area contributed by atoms with Crippen LogP contribution in [-0.2, 0) is 0 Å². The lowest BCUT2D eigenvalue weighted by molar-refractivity contribution is 0.0241. The van der Waals surface area contributed by atoms with Crippen molar-refractivity contribution in [3.05, 3.63) is 0 Å². The molecule has 0 unspecified atom stereocenters. The molecule has 1 N–H and O–H groups in total. The first-order valence-corrected chi connectivity index (χ1v) is 9.14. The van der Waals surface area contributed by atoms with Crippen molar-refractivity contribution in [2.75, 3.05) is 0 Å². The third kappa shape index (κ3) is 3.44. The summed E-state index contributed by atoms with van der Waals surface area (Å²) in [6.45, 7) is 4.88. The van der Waals surface area contributed by atoms with E-state index in [1.165, 1.54) is 51.4 Å². The predicted molar refractivity (Wildman–Crippen MR) is 86.9 cm³/mol. The van der Waals surface area contributed by atoms with Gasteiger partial charge in [-0.25, -0.2) is 0 Å². The highest BCUT2D eigenvalue weighted by atomic mass is 16.4. The van der Waals surface area contributed by atoms with Crippen molar-refractivity contribution in [3.63, 3.8) is 0 Å². The molecule has 0 spiro atoms.